The molecule has 0 aliphatic carbocycles. The van der Waals surface area contributed by atoms with Crippen LogP contribution in [0.4, 0.5) is 0 Å². The summed E-state index contributed by atoms with van der Waals surface area (Å²) in [6.45, 7) is 4.73. The van der Waals surface area contributed by atoms with E-state index in [-0.39, 0.29) is 6.04 Å². The smallest absolute Gasteiger partial charge is 0.119 e. The standard InChI is InChI=1S/C11H16BrNO/c1-3-11(13)9-7-8(14-4-2)5-6-10(9)12/h5-7,11H,3-4,13H2,1-2H3. The Kier molecular flexibility index (Phi) is 4.42. The molecule has 1 aromatic rings. The van der Waals surface area contributed by atoms with Crippen LogP contribution in [0, 0.1) is 0 Å². The first-order chi connectivity index (χ1) is 6.69. The largest absolute Gasteiger partial charge is 0.494 e. The first-order valence-electron chi connectivity index (χ1n) is 4.86. The summed E-state index contributed by atoms with van der Waals surface area (Å²) < 4.78 is 6.47. The maximum Gasteiger partial charge on any atom is 0.119 e. The third-order valence-electron chi connectivity index (χ3n) is 2.12. The van der Waals surface area contributed by atoms with Crippen molar-refractivity contribution in [3.63, 3.8) is 0 Å². The van der Waals surface area contributed by atoms with E-state index >= 15 is 0 Å². The van der Waals surface area contributed by atoms with E-state index in [2.05, 4.69) is 22.9 Å². The van der Waals surface area contributed by atoms with Gasteiger partial charge in [-0.3, -0.25) is 0 Å². The number of ether oxygens (including phenoxy) is 1. The molecule has 2 nitrogen and oxygen atoms in total. The molecule has 1 atom stereocenters. The molecule has 78 valence electrons. The van der Waals surface area contributed by atoms with Crippen LogP contribution in [0.15, 0.2) is 22.7 Å². The molecule has 1 aromatic carbocycles. The molecule has 3 heteroatoms. The van der Waals surface area contributed by atoms with Crippen LogP contribution in [0.3, 0.4) is 0 Å². The van der Waals surface area contributed by atoms with Gasteiger partial charge >= 0.3 is 0 Å². The zero-order valence-electron chi connectivity index (χ0n) is 8.59. The Morgan fingerprint density at radius 1 is 1.43 bits per heavy atom. The lowest BCUT2D eigenvalue weighted by Gasteiger charge is -2.13. The normalized spacial score (nSPS) is 12.6. The molecule has 0 saturated heterocycles. The molecule has 0 fully saturated rings. The molecule has 0 aliphatic rings. The maximum atomic E-state index is 5.97. The predicted molar refractivity (Wildman–Crippen MR) is 62.5 cm³/mol. The Hall–Kier alpha value is -0.540. The molecule has 0 saturated carbocycles. The topological polar surface area (TPSA) is 35.2 Å². The highest BCUT2D eigenvalue weighted by molar-refractivity contribution is 9.10. The zero-order valence-corrected chi connectivity index (χ0v) is 10.2. The quantitative estimate of drug-likeness (QED) is 0.899. The Labute approximate surface area is 93.6 Å². The van der Waals surface area contributed by atoms with Crippen LogP contribution in [0.25, 0.3) is 0 Å². The summed E-state index contributed by atoms with van der Waals surface area (Å²) in [6.07, 6.45) is 0.925. The summed E-state index contributed by atoms with van der Waals surface area (Å²) in [4.78, 5) is 0. The van der Waals surface area contributed by atoms with Gasteiger partial charge in [-0.1, -0.05) is 22.9 Å². The predicted octanol–water partition coefficient (Wildman–Crippen LogP) is 3.26. The number of nitrogens with two attached hydrogens (primary N) is 1. The molecule has 0 heterocycles. The van der Waals surface area contributed by atoms with Gasteiger partial charge in [0.2, 0.25) is 0 Å². The third-order valence-corrected chi connectivity index (χ3v) is 2.84. The fourth-order valence-electron chi connectivity index (χ4n) is 1.28. The highest BCUT2D eigenvalue weighted by atomic mass is 79.9. The van der Waals surface area contributed by atoms with Gasteiger partial charge in [-0.15, -0.1) is 0 Å². The molecule has 0 amide bonds. The van der Waals surface area contributed by atoms with Crippen LogP contribution in [0.1, 0.15) is 31.9 Å². The number of halogens is 1. The van der Waals surface area contributed by atoms with Crippen LogP contribution in [0.5, 0.6) is 5.75 Å². The molecule has 1 unspecified atom stereocenters. The lowest BCUT2D eigenvalue weighted by Crippen LogP contribution is -2.09. The zero-order chi connectivity index (χ0) is 10.6. The van der Waals surface area contributed by atoms with Gasteiger partial charge in [-0.2, -0.15) is 0 Å². The van der Waals surface area contributed by atoms with Crippen LogP contribution in [-0.4, -0.2) is 6.61 Å². The highest BCUT2D eigenvalue weighted by Crippen LogP contribution is 2.28. The SMILES string of the molecule is CCOc1ccc(Br)c(C(N)CC)c1. The minimum absolute atomic E-state index is 0.0739. The van der Waals surface area contributed by atoms with E-state index in [9.17, 15) is 0 Å². The van der Waals surface area contributed by atoms with Gasteiger partial charge in [-0.05, 0) is 37.1 Å². The van der Waals surface area contributed by atoms with Gasteiger partial charge in [0.25, 0.3) is 0 Å². The fraction of sp³-hybridized carbons (Fsp3) is 0.455. The molecule has 0 spiro atoms. The van der Waals surface area contributed by atoms with E-state index in [0.29, 0.717) is 6.61 Å². The first-order valence-corrected chi connectivity index (χ1v) is 5.66. The van der Waals surface area contributed by atoms with Gasteiger partial charge in [0.05, 0.1) is 6.61 Å². The van der Waals surface area contributed by atoms with Crippen molar-refractivity contribution in [2.24, 2.45) is 5.73 Å². The number of benzene rings is 1. The van der Waals surface area contributed by atoms with Crippen molar-refractivity contribution in [1.29, 1.82) is 0 Å². The van der Waals surface area contributed by atoms with E-state index in [1.54, 1.807) is 0 Å². The van der Waals surface area contributed by atoms with Gasteiger partial charge in [0.15, 0.2) is 0 Å². The lowest BCUT2D eigenvalue weighted by molar-refractivity contribution is 0.339. The number of hydrogen-bond donors (Lipinski definition) is 1. The van der Waals surface area contributed by atoms with Crippen molar-refractivity contribution >= 4 is 15.9 Å². The van der Waals surface area contributed by atoms with Gasteiger partial charge in [0, 0.05) is 10.5 Å². The second kappa shape index (κ2) is 5.37. The van der Waals surface area contributed by atoms with E-state index in [0.717, 1.165) is 22.2 Å². The van der Waals surface area contributed by atoms with Gasteiger partial charge in [0.1, 0.15) is 5.75 Å². The molecule has 0 bridgehead atoms. The van der Waals surface area contributed by atoms with E-state index in [4.69, 9.17) is 10.5 Å². The van der Waals surface area contributed by atoms with Crippen LogP contribution >= 0.6 is 15.9 Å². The third kappa shape index (κ3) is 2.72. The second-order valence-electron chi connectivity index (χ2n) is 3.13. The van der Waals surface area contributed by atoms with Gasteiger partial charge < -0.3 is 10.5 Å². The minimum atomic E-state index is 0.0739. The van der Waals surface area contributed by atoms with E-state index in [1.165, 1.54) is 0 Å². The number of rotatable bonds is 4. The number of hydrogen-bond acceptors (Lipinski definition) is 2. The molecule has 0 aliphatic heterocycles. The Bertz CT molecular complexity index is 301. The summed E-state index contributed by atoms with van der Waals surface area (Å²) >= 11 is 3.49. The average molecular weight is 258 g/mol. The molecular weight excluding hydrogens is 242 g/mol. The van der Waals surface area contributed by atoms with Crippen molar-refractivity contribution in [3.8, 4) is 5.75 Å². The van der Waals surface area contributed by atoms with E-state index in [1.807, 2.05) is 25.1 Å². The minimum Gasteiger partial charge on any atom is -0.494 e. The first kappa shape index (κ1) is 11.5. The molecule has 0 aromatic heterocycles. The van der Waals surface area contributed by atoms with Crippen molar-refractivity contribution < 1.29 is 4.74 Å². The van der Waals surface area contributed by atoms with E-state index < -0.39 is 0 Å². The van der Waals surface area contributed by atoms with Crippen molar-refractivity contribution in [2.75, 3.05) is 6.61 Å². The summed E-state index contributed by atoms with van der Waals surface area (Å²) in [5.41, 5.74) is 7.08. The molecule has 0 radical (unpaired) electrons. The summed E-state index contributed by atoms with van der Waals surface area (Å²) in [5.74, 6) is 0.884. The molecule has 2 N–H and O–H groups in total. The van der Waals surface area contributed by atoms with Gasteiger partial charge in [-0.25, -0.2) is 0 Å². The summed E-state index contributed by atoms with van der Waals surface area (Å²) in [5, 5.41) is 0. The monoisotopic (exact) mass is 257 g/mol. The fourth-order valence-corrected chi connectivity index (χ4v) is 1.82. The van der Waals surface area contributed by atoms with Crippen LogP contribution in [-0.2, 0) is 0 Å². The molecule has 1 rings (SSSR count). The average Bonchev–Trinajstić information content (AvgIpc) is 2.20. The van der Waals surface area contributed by atoms with Crippen molar-refractivity contribution in [3.05, 3.63) is 28.2 Å². The summed E-state index contributed by atoms with van der Waals surface area (Å²) in [7, 11) is 0. The summed E-state index contributed by atoms with van der Waals surface area (Å²) in [6, 6.07) is 6.00. The highest BCUT2D eigenvalue weighted by Gasteiger charge is 2.08. The molecular formula is C11H16BrNO. The lowest BCUT2D eigenvalue weighted by atomic mass is 10.1. The Balaban J connectivity index is 2.95. The Morgan fingerprint density at radius 2 is 2.14 bits per heavy atom. The Morgan fingerprint density at radius 3 is 2.71 bits per heavy atom. The van der Waals surface area contributed by atoms with Crippen LogP contribution < -0.4 is 10.5 Å². The second-order valence-corrected chi connectivity index (χ2v) is 3.99. The maximum absolute atomic E-state index is 5.97. The molecule has 14 heavy (non-hydrogen) atoms. The van der Waals surface area contributed by atoms with Crippen molar-refractivity contribution in [1.82, 2.24) is 0 Å². The van der Waals surface area contributed by atoms with Crippen LogP contribution in [0.2, 0.25) is 0 Å². The van der Waals surface area contributed by atoms with Crippen molar-refractivity contribution in [2.45, 2.75) is 26.3 Å².